The Bertz CT molecular complexity index is 809. The van der Waals surface area contributed by atoms with E-state index in [9.17, 15) is 14.4 Å². The van der Waals surface area contributed by atoms with E-state index in [1.165, 1.54) is 6.26 Å². The van der Waals surface area contributed by atoms with E-state index in [0.29, 0.717) is 49.9 Å². The van der Waals surface area contributed by atoms with Gasteiger partial charge in [0, 0.05) is 31.7 Å². The van der Waals surface area contributed by atoms with Crippen LogP contribution in [-0.4, -0.2) is 66.9 Å². The van der Waals surface area contributed by atoms with E-state index < -0.39 is 0 Å². The molecule has 1 fully saturated rings. The lowest BCUT2D eigenvalue weighted by Crippen LogP contribution is -2.52. The smallest absolute Gasteiger partial charge is 0.289 e. The van der Waals surface area contributed by atoms with E-state index in [-0.39, 0.29) is 24.3 Å². The fourth-order valence-corrected chi connectivity index (χ4v) is 2.95. The van der Waals surface area contributed by atoms with Gasteiger partial charge < -0.3 is 24.3 Å². The summed E-state index contributed by atoms with van der Waals surface area (Å²) in [5, 5.41) is 2.64. The van der Waals surface area contributed by atoms with Gasteiger partial charge in [0.15, 0.2) is 5.76 Å². The Hall–Kier alpha value is -3.29. The monoisotopic (exact) mass is 385 g/mol. The van der Waals surface area contributed by atoms with Crippen molar-refractivity contribution in [1.82, 2.24) is 15.1 Å². The Morgan fingerprint density at radius 3 is 2.32 bits per heavy atom. The molecule has 0 unspecified atom stereocenters. The van der Waals surface area contributed by atoms with Gasteiger partial charge in [0.25, 0.3) is 11.8 Å². The van der Waals surface area contributed by atoms with Crippen LogP contribution in [0.25, 0.3) is 0 Å². The zero-order valence-electron chi connectivity index (χ0n) is 15.7. The molecule has 0 aliphatic carbocycles. The molecule has 2 heterocycles. The zero-order chi connectivity index (χ0) is 19.9. The van der Waals surface area contributed by atoms with Crippen LogP contribution >= 0.6 is 0 Å². The molecule has 1 aliphatic heterocycles. The second kappa shape index (κ2) is 9.07. The van der Waals surface area contributed by atoms with Gasteiger partial charge in [-0.15, -0.1) is 0 Å². The maximum absolute atomic E-state index is 12.3. The number of piperazine rings is 1. The van der Waals surface area contributed by atoms with Crippen molar-refractivity contribution in [2.24, 2.45) is 0 Å². The number of carbonyl (C=O) groups is 3. The molecule has 1 aliphatic rings. The minimum Gasteiger partial charge on any atom is -0.494 e. The highest BCUT2D eigenvalue weighted by Gasteiger charge is 2.26. The summed E-state index contributed by atoms with van der Waals surface area (Å²) in [5.41, 5.74) is 0.463. The maximum Gasteiger partial charge on any atom is 0.289 e. The zero-order valence-corrected chi connectivity index (χ0v) is 15.7. The molecule has 148 valence electrons. The number of rotatable bonds is 6. The molecule has 0 bridgehead atoms. The van der Waals surface area contributed by atoms with E-state index in [1.54, 1.807) is 46.2 Å². The molecule has 0 spiro atoms. The van der Waals surface area contributed by atoms with Gasteiger partial charge in [-0.2, -0.15) is 0 Å². The fraction of sp³-hybridized carbons (Fsp3) is 0.350. The lowest BCUT2D eigenvalue weighted by atomic mass is 10.2. The first-order chi connectivity index (χ1) is 13.6. The molecule has 3 rings (SSSR count). The molecule has 0 saturated carbocycles. The fourth-order valence-electron chi connectivity index (χ4n) is 2.95. The van der Waals surface area contributed by atoms with Gasteiger partial charge in [-0.3, -0.25) is 14.4 Å². The first-order valence-corrected chi connectivity index (χ1v) is 9.20. The number of hydrogen-bond acceptors (Lipinski definition) is 5. The predicted molar refractivity (Wildman–Crippen MR) is 101 cm³/mol. The molecular formula is C20H23N3O5. The van der Waals surface area contributed by atoms with Crippen molar-refractivity contribution in [2.75, 3.05) is 39.3 Å². The summed E-state index contributed by atoms with van der Waals surface area (Å²) < 4.78 is 10.5. The quantitative estimate of drug-likeness (QED) is 0.811. The second-order valence-electron chi connectivity index (χ2n) is 6.29. The Balaban J connectivity index is 1.44. The van der Waals surface area contributed by atoms with Crippen LogP contribution < -0.4 is 10.1 Å². The maximum atomic E-state index is 12.3. The molecule has 1 aromatic heterocycles. The highest BCUT2D eigenvalue weighted by Crippen LogP contribution is 2.12. The van der Waals surface area contributed by atoms with Crippen LogP contribution in [0.15, 0.2) is 47.1 Å². The topological polar surface area (TPSA) is 92.1 Å². The average molecular weight is 385 g/mol. The summed E-state index contributed by atoms with van der Waals surface area (Å²) in [4.78, 5) is 40.1. The number of ether oxygens (including phenoxy) is 1. The van der Waals surface area contributed by atoms with Gasteiger partial charge >= 0.3 is 0 Å². The Kier molecular flexibility index (Phi) is 6.31. The Morgan fingerprint density at radius 2 is 1.71 bits per heavy atom. The number of nitrogens with zero attached hydrogens (tertiary/aromatic N) is 2. The van der Waals surface area contributed by atoms with E-state index in [4.69, 9.17) is 9.15 Å². The van der Waals surface area contributed by atoms with E-state index >= 15 is 0 Å². The van der Waals surface area contributed by atoms with Crippen molar-refractivity contribution in [3.63, 3.8) is 0 Å². The lowest BCUT2D eigenvalue weighted by molar-refractivity contribution is -0.131. The first-order valence-electron chi connectivity index (χ1n) is 9.20. The van der Waals surface area contributed by atoms with Crippen molar-refractivity contribution >= 4 is 17.7 Å². The summed E-state index contributed by atoms with van der Waals surface area (Å²) in [6, 6.07) is 10.0. The van der Waals surface area contributed by atoms with Crippen LogP contribution in [0.1, 0.15) is 27.8 Å². The number of amides is 3. The molecular weight excluding hydrogens is 362 g/mol. The third-order valence-corrected chi connectivity index (χ3v) is 4.48. The summed E-state index contributed by atoms with van der Waals surface area (Å²) in [7, 11) is 0. The molecule has 1 N–H and O–H groups in total. The van der Waals surface area contributed by atoms with Gasteiger partial charge in [-0.1, -0.05) is 0 Å². The van der Waals surface area contributed by atoms with Crippen molar-refractivity contribution in [3.8, 4) is 5.75 Å². The van der Waals surface area contributed by atoms with Crippen LogP contribution in [-0.2, 0) is 4.79 Å². The van der Waals surface area contributed by atoms with Gasteiger partial charge in [0.1, 0.15) is 5.75 Å². The lowest BCUT2D eigenvalue weighted by Gasteiger charge is -2.34. The van der Waals surface area contributed by atoms with Crippen molar-refractivity contribution in [3.05, 3.63) is 54.0 Å². The van der Waals surface area contributed by atoms with Crippen LogP contribution in [0.3, 0.4) is 0 Å². The summed E-state index contributed by atoms with van der Waals surface area (Å²) in [6.07, 6.45) is 1.46. The molecule has 28 heavy (non-hydrogen) atoms. The van der Waals surface area contributed by atoms with Crippen LogP contribution in [0.2, 0.25) is 0 Å². The molecule has 8 heteroatoms. The first kappa shape index (κ1) is 19.5. The van der Waals surface area contributed by atoms with Gasteiger partial charge in [-0.05, 0) is 43.3 Å². The number of benzene rings is 1. The number of nitrogens with one attached hydrogen (secondary N) is 1. The van der Waals surface area contributed by atoms with E-state index in [0.717, 1.165) is 0 Å². The third kappa shape index (κ3) is 4.70. The highest BCUT2D eigenvalue weighted by atomic mass is 16.5. The minimum atomic E-state index is -0.317. The summed E-state index contributed by atoms with van der Waals surface area (Å²) in [5.74, 6) is 0.313. The Morgan fingerprint density at radius 1 is 1.04 bits per heavy atom. The molecule has 1 aromatic carbocycles. The largest absolute Gasteiger partial charge is 0.494 e. The van der Waals surface area contributed by atoms with Crippen LogP contribution in [0, 0.1) is 0 Å². The number of hydrogen-bond donors (Lipinski definition) is 1. The average Bonchev–Trinajstić information content (AvgIpc) is 3.27. The summed E-state index contributed by atoms with van der Waals surface area (Å²) in [6.45, 7) is 4.06. The van der Waals surface area contributed by atoms with Crippen LogP contribution in [0.4, 0.5) is 0 Å². The summed E-state index contributed by atoms with van der Waals surface area (Å²) >= 11 is 0. The molecule has 0 atom stereocenters. The van der Waals surface area contributed by atoms with E-state index in [1.807, 2.05) is 6.92 Å². The van der Waals surface area contributed by atoms with Gasteiger partial charge in [-0.25, -0.2) is 0 Å². The molecule has 2 aromatic rings. The molecule has 1 saturated heterocycles. The Labute approximate surface area is 163 Å². The molecule has 8 nitrogen and oxygen atoms in total. The van der Waals surface area contributed by atoms with Crippen molar-refractivity contribution < 1.29 is 23.5 Å². The van der Waals surface area contributed by atoms with E-state index in [2.05, 4.69) is 5.32 Å². The number of furan rings is 1. The van der Waals surface area contributed by atoms with Crippen LogP contribution in [0.5, 0.6) is 5.75 Å². The standard InChI is InChI=1S/C20H23N3O5/c1-2-27-16-7-5-15(6-8-16)19(25)21-14-18(24)22-9-11-23(12-10-22)20(26)17-4-3-13-28-17/h3-8,13H,2,9-12,14H2,1H3,(H,21,25). The SMILES string of the molecule is CCOc1ccc(C(=O)NCC(=O)N2CCN(C(=O)c3ccco3)CC2)cc1. The minimum absolute atomic E-state index is 0.0851. The second-order valence-corrected chi connectivity index (χ2v) is 6.29. The predicted octanol–water partition coefficient (Wildman–Crippen LogP) is 1.39. The molecule has 3 amide bonds. The normalized spacial score (nSPS) is 13.9. The molecule has 0 radical (unpaired) electrons. The van der Waals surface area contributed by atoms with Gasteiger partial charge in [0.05, 0.1) is 19.4 Å². The highest BCUT2D eigenvalue weighted by molar-refractivity contribution is 5.96. The number of carbonyl (C=O) groups excluding carboxylic acids is 3. The third-order valence-electron chi connectivity index (χ3n) is 4.48. The van der Waals surface area contributed by atoms with Crippen molar-refractivity contribution in [2.45, 2.75) is 6.92 Å². The van der Waals surface area contributed by atoms with Gasteiger partial charge in [0.2, 0.25) is 5.91 Å². The van der Waals surface area contributed by atoms with Crippen molar-refractivity contribution in [1.29, 1.82) is 0 Å².